The Hall–Kier alpha value is -1.60. The molecule has 0 amide bonds. The summed E-state index contributed by atoms with van der Waals surface area (Å²) in [6, 6.07) is 6.66. The molecule has 0 aliphatic carbocycles. The standard InChI is InChI=1S/C11H15NO5S/c1-8(11(13)14)18(15,16)12-10-6-4-3-5-9(10)7-17-2/h3-6,8,12H,7H2,1-2H3,(H,13,14). The molecule has 1 unspecified atom stereocenters. The highest BCUT2D eigenvalue weighted by Crippen LogP contribution is 2.18. The number of anilines is 1. The lowest BCUT2D eigenvalue weighted by Gasteiger charge is -2.14. The van der Waals surface area contributed by atoms with Gasteiger partial charge in [0.25, 0.3) is 0 Å². The zero-order valence-corrected chi connectivity index (χ0v) is 10.9. The van der Waals surface area contributed by atoms with E-state index in [9.17, 15) is 13.2 Å². The highest BCUT2D eigenvalue weighted by atomic mass is 32.2. The van der Waals surface area contributed by atoms with E-state index < -0.39 is 21.2 Å². The van der Waals surface area contributed by atoms with Crippen LogP contribution in [0.4, 0.5) is 5.69 Å². The van der Waals surface area contributed by atoms with E-state index in [-0.39, 0.29) is 6.61 Å². The molecule has 18 heavy (non-hydrogen) atoms. The molecule has 7 heteroatoms. The summed E-state index contributed by atoms with van der Waals surface area (Å²) < 4.78 is 30.7. The van der Waals surface area contributed by atoms with Crippen LogP contribution in [0.5, 0.6) is 0 Å². The van der Waals surface area contributed by atoms with E-state index in [4.69, 9.17) is 9.84 Å². The van der Waals surface area contributed by atoms with E-state index in [2.05, 4.69) is 4.72 Å². The van der Waals surface area contributed by atoms with Crippen molar-refractivity contribution in [3.05, 3.63) is 29.8 Å². The number of hydrogen-bond acceptors (Lipinski definition) is 4. The minimum Gasteiger partial charge on any atom is -0.480 e. The molecule has 0 radical (unpaired) electrons. The summed E-state index contributed by atoms with van der Waals surface area (Å²) in [5, 5.41) is 7.20. The summed E-state index contributed by atoms with van der Waals surface area (Å²) in [5.41, 5.74) is 0.966. The lowest BCUT2D eigenvalue weighted by molar-refractivity contribution is -0.136. The summed E-state index contributed by atoms with van der Waals surface area (Å²) in [5.74, 6) is -1.40. The van der Waals surface area contributed by atoms with Crippen LogP contribution >= 0.6 is 0 Å². The second kappa shape index (κ2) is 5.83. The van der Waals surface area contributed by atoms with Crippen molar-refractivity contribution in [2.75, 3.05) is 11.8 Å². The molecule has 1 rings (SSSR count). The maximum absolute atomic E-state index is 11.8. The van der Waals surface area contributed by atoms with E-state index in [0.717, 1.165) is 6.92 Å². The second-order valence-corrected chi connectivity index (χ2v) is 5.72. The largest absolute Gasteiger partial charge is 0.480 e. The molecule has 1 aromatic carbocycles. The molecule has 0 saturated heterocycles. The zero-order valence-electron chi connectivity index (χ0n) is 10.1. The number of benzene rings is 1. The van der Waals surface area contributed by atoms with Crippen LogP contribution in [0, 0.1) is 0 Å². The molecule has 0 heterocycles. The summed E-state index contributed by atoms with van der Waals surface area (Å²) in [6.45, 7) is 1.35. The van der Waals surface area contributed by atoms with Crippen molar-refractivity contribution in [3.63, 3.8) is 0 Å². The third-order valence-corrected chi connectivity index (χ3v) is 4.02. The van der Waals surface area contributed by atoms with Crippen molar-refractivity contribution in [3.8, 4) is 0 Å². The van der Waals surface area contributed by atoms with Gasteiger partial charge < -0.3 is 9.84 Å². The maximum atomic E-state index is 11.8. The molecule has 0 saturated carbocycles. The van der Waals surface area contributed by atoms with Gasteiger partial charge in [0.2, 0.25) is 10.0 Å². The molecule has 100 valence electrons. The van der Waals surface area contributed by atoms with E-state index >= 15 is 0 Å². The molecule has 0 fully saturated rings. The monoisotopic (exact) mass is 273 g/mol. The Bertz CT molecular complexity index is 526. The van der Waals surface area contributed by atoms with Crippen molar-refractivity contribution < 1.29 is 23.1 Å². The van der Waals surface area contributed by atoms with Gasteiger partial charge >= 0.3 is 5.97 Å². The van der Waals surface area contributed by atoms with Gasteiger partial charge in [0.05, 0.1) is 12.3 Å². The van der Waals surface area contributed by atoms with Gasteiger partial charge in [-0.1, -0.05) is 18.2 Å². The number of aliphatic carboxylic acids is 1. The van der Waals surface area contributed by atoms with Crippen LogP contribution in [0.2, 0.25) is 0 Å². The SMILES string of the molecule is COCc1ccccc1NS(=O)(=O)C(C)C(=O)O. The van der Waals surface area contributed by atoms with E-state index in [0.29, 0.717) is 11.3 Å². The number of para-hydroxylation sites is 1. The lowest BCUT2D eigenvalue weighted by atomic mass is 10.2. The van der Waals surface area contributed by atoms with Crippen molar-refractivity contribution in [2.45, 2.75) is 18.8 Å². The average Bonchev–Trinajstić information content (AvgIpc) is 2.30. The quantitative estimate of drug-likeness (QED) is 0.808. The Morgan fingerprint density at radius 3 is 2.61 bits per heavy atom. The molecule has 0 aliphatic heterocycles. The molecule has 2 N–H and O–H groups in total. The normalized spacial score (nSPS) is 13.0. The predicted octanol–water partition coefficient (Wildman–Crippen LogP) is 1.05. The minimum atomic E-state index is -3.96. The van der Waals surface area contributed by atoms with E-state index in [1.165, 1.54) is 7.11 Å². The van der Waals surface area contributed by atoms with E-state index in [1.807, 2.05) is 0 Å². The van der Waals surface area contributed by atoms with Gasteiger partial charge in [0.1, 0.15) is 0 Å². The first-order valence-corrected chi connectivity index (χ1v) is 6.74. The van der Waals surface area contributed by atoms with Crippen LogP contribution in [-0.4, -0.2) is 31.9 Å². The first-order valence-electron chi connectivity index (χ1n) is 5.19. The number of rotatable bonds is 6. The van der Waals surface area contributed by atoms with Crippen LogP contribution in [-0.2, 0) is 26.2 Å². The molecular weight excluding hydrogens is 258 g/mol. The van der Waals surface area contributed by atoms with Gasteiger partial charge in [-0.25, -0.2) is 8.42 Å². The number of carbonyl (C=O) groups is 1. The third kappa shape index (κ3) is 3.44. The Morgan fingerprint density at radius 1 is 1.44 bits per heavy atom. The van der Waals surface area contributed by atoms with Crippen molar-refractivity contribution in [1.29, 1.82) is 0 Å². The Labute approximate surface area is 106 Å². The van der Waals surface area contributed by atoms with Crippen molar-refractivity contribution in [1.82, 2.24) is 0 Å². The second-order valence-electron chi connectivity index (χ2n) is 3.72. The number of ether oxygens (including phenoxy) is 1. The fourth-order valence-electron chi connectivity index (χ4n) is 1.28. The van der Waals surface area contributed by atoms with Crippen LogP contribution < -0.4 is 4.72 Å². The van der Waals surface area contributed by atoms with Crippen LogP contribution in [0.15, 0.2) is 24.3 Å². The predicted molar refractivity (Wildman–Crippen MR) is 66.8 cm³/mol. The molecule has 0 aromatic heterocycles. The number of sulfonamides is 1. The Morgan fingerprint density at radius 2 is 2.06 bits per heavy atom. The number of nitrogens with one attached hydrogen (secondary N) is 1. The summed E-state index contributed by atoms with van der Waals surface area (Å²) in [7, 11) is -2.47. The first-order chi connectivity index (χ1) is 8.38. The fraction of sp³-hybridized carbons (Fsp3) is 0.364. The molecule has 6 nitrogen and oxygen atoms in total. The summed E-state index contributed by atoms with van der Waals surface area (Å²) >= 11 is 0. The average molecular weight is 273 g/mol. The molecule has 1 aromatic rings. The van der Waals surface area contributed by atoms with Gasteiger partial charge in [-0.3, -0.25) is 9.52 Å². The topological polar surface area (TPSA) is 92.7 Å². The Balaban J connectivity index is 3.01. The maximum Gasteiger partial charge on any atom is 0.323 e. The lowest BCUT2D eigenvalue weighted by Crippen LogP contribution is -2.32. The fourth-order valence-corrected chi connectivity index (χ4v) is 2.22. The molecule has 1 atom stereocenters. The first kappa shape index (κ1) is 14.5. The van der Waals surface area contributed by atoms with Gasteiger partial charge in [-0.2, -0.15) is 0 Å². The number of carboxylic acid groups (broad SMARTS) is 1. The van der Waals surface area contributed by atoms with Crippen molar-refractivity contribution in [2.24, 2.45) is 0 Å². The van der Waals surface area contributed by atoms with Crippen LogP contribution in [0.1, 0.15) is 12.5 Å². The summed E-state index contributed by atoms with van der Waals surface area (Å²) in [4.78, 5) is 10.7. The Kier molecular flexibility index (Phi) is 4.69. The van der Waals surface area contributed by atoms with Gasteiger partial charge in [0.15, 0.2) is 5.25 Å². The molecule has 0 aliphatic rings. The summed E-state index contributed by atoms with van der Waals surface area (Å²) in [6.07, 6.45) is 0. The molecular formula is C11H15NO5S. The van der Waals surface area contributed by atoms with Crippen LogP contribution in [0.25, 0.3) is 0 Å². The molecule has 0 spiro atoms. The third-order valence-electron chi connectivity index (χ3n) is 2.38. The van der Waals surface area contributed by atoms with Crippen molar-refractivity contribution >= 4 is 21.7 Å². The van der Waals surface area contributed by atoms with Gasteiger partial charge in [0, 0.05) is 12.7 Å². The minimum absolute atomic E-state index is 0.236. The number of hydrogen-bond donors (Lipinski definition) is 2. The van der Waals surface area contributed by atoms with Gasteiger partial charge in [-0.15, -0.1) is 0 Å². The smallest absolute Gasteiger partial charge is 0.323 e. The van der Waals surface area contributed by atoms with Crippen LogP contribution in [0.3, 0.4) is 0 Å². The number of methoxy groups -OCH3 is 1. The van der Waals surface area contributed by atoms with E-state index in [1.54, 1.807) is 24.3 Å². The number of carboxylic acids is 1. The molecule has 0 bridgehead atoms. The van der Waals surface area contributed by atoms with Gasteiger partial charge in [-0.05, 0) is 13.0 Å². The highest BCUT2D eigenvalue weighted by Gasteiger charge is 2.28. The highest BCUT2D eigenvalue weighted by molar-refractivity contribution is 7.94. The zero-order chi connectivity index (χ0) is 13.8.